The van der Waals surface area contributed by atoms with Gasteiger partial charge in [-0.05, 0) is 43.7 Å². The lowest BCUT2D eigenvalue weighted by Gasteiger charge is -2.14. The summed E-state index contributed by atoms with van der Waals surface area (Å²) in [5, 5.41) is 8.75. The first-order chi connectivity index (χ1) is 15.0. The Balaban J connectivity index is 1.96. The van der Waals surface area contributed by atoms with Gasteiger partial charge in [-0.2, -0.15) is 0 Å². The molecule has 2 aromatic rings. The van der Waals surface area contributed by atoms with E-state index in [1.807, 2.05) is 32.0 Å². The molecule has 0 unspecified atom stereocenters. The molecule has 0 aromatic heterocycles. The van der Waals surface area contributed by atoms with E-state index in [4.69, 9.17) is 9.47 Å². The third kappa shape index (κ3) is 9.04. The molecule has 168 valence electrons. The minimum atomic E-state index is -0.404. The molecule has 0 aliphatic heterocycles. The second-order valence-corrected chi connectivity index (χ2v) is 6.91. The summed E-state index contributed by atoms with van der Waals surface area (Å²) in [7, 11) is 1.67. The lowest BCUT2D eigenvalue weighted by molar-refractivity contribution is -0.115. The summed E-state index contributed by atoms with van der Waals surface area (Å²) in [6.45, 7) is 6.19. The molecular formula is C23H31FN4O3. The molecule has 1 amide bonds. The maximum Gasteiger partial charge on any atom is 0.243 e. The number of anilines is 1. The van der Waals surface area contributed by atoms with E-state index in [1.165, 1.54) is 12.1 Å². The number of amides is 1. The number of carbonyl (C=O) groups excluding carboxylic acids is 1. The first-order valence-corrected chi connectivity index (χ1v) is 10.3. The molecule has 2 rings (SSSR count). The van der Waals surface area contributed by atoms with Gasteiger partial charge in [-0.1, -0.05) is 18.2 Å². The summed E-state index contributed by atoms with van der Waals surface area (Å²) >= 11 is 0. The van der Waals surface area contributed by atoms with Crippen molar-refractivity contribution in [3.8, 4) is 5.75 Å². The number of carbonyl (C=O) groups is 1. The minimum absolute atomic E-state index is 0.00335. The van der Waals surface area contributed by atoms with Crippen molar-refractivity contribution in [1.82, 2.24) is 10.6 Å². The van der Waals surface area contributed by atoms with Crippen LogP contribution in [0.25, 0.3) is 0 Å². The number of nitrogens with one attached hydrogen (secondary N) is 3. The number of guanidine groups is 1. The van der Waals surface area contributed by atoms with Crippen molar-refractivity contribution in [2.24, 2.45) is 4.99 Å². The van der Waals surface area contributed by atoms with E-state index in [2.05, 4.69) is 20.9 Å². The van der Waals surface area contributed by atoms with Gasteiger partial charge in [0, 0.05) is 37.9 Å². The zero-order chi connectivity index (χ0) is 22.5. The number of nitrogens with zero attached hydrogens (tertiary/aromatic N) is 1. The maximum absolute atomic E-state index is 13.3. The molecule has 0 saturated heterocycles. The van der Waals surface area contributed by atoms with E-state index in [0.717, 1.165) is 23.3 Å². The summed E-state index contributed by atoms with van der Waals surface area (Å²) in [5.74, 6) is 0.593. The van der Waals surface area contributed by atoms with Crippen molar-refractivity contribution in [2.45, 2.75) is 26.8 Å². The molecule has 8 heteroatoms. The Morgan fingerprint density at radius 3 is 2.71 bits per heavy atom. The quantitative estimate of drug-likeness (QED) is 0.290. The average Bonchev–Trinajstić information content (AvgIpc) is 2.74. The van der Waals surface area contributed by atoms with Crippen LogP contribution in [0.1, 0.15) is 24.5 Å². The Morgan fingerprint density at radius 1 is 1.13 bits per heavy atom. The van der Waals surface area contributed by atoms with Crippen LogP contribution in [0.5, 0.6) is 5.75 Å². The first-order valence-electron chi connectivity index (χ1n) is 10.3. The van der Waals surface area contributed by atoms with Gasteiger partial charge in [-0.15, -0.1) is 0 Å². The van der Waals surface area contributed by atoms with Crippen molar-refractivity contribution in [2.75, 3.05) is 38.7 Å². The van der Waals surface area contributed by atoms with Crippen molar-refractivity contribution < 1.29 is 18.7 Å². The fraction of sp³-hybridized carbons (Fsp3) is 0.391. The van der Waals surface area contributed by atoms with E-state index >= 15 is 0 Å². The van der Waals surface area contributed by atoms with Crippen LogP contribution in [0.4, 0.5) is 10.1 Å². The highest BCUT2D eigenvalue weighted by atomic mass is 19.1. The normalized spacial score (nSPS) is 11.2. The number of hydrogen-bond donors (Lipinski definition) is 3. The molecule has 31 heavy (non-hydrogen) atoms. The number of ether oxygens (including phenoxy) is 2. The van der Waals surface area contributed by atoms with E-state index in [-0.39, 0.29) is 12.5 Å². The van der Waals surface area contributed by atoms with Crippen LogP contribution in [0.3, 0.4) is 0 Å². The predicted octanol–water partition coefficient (Wildman–Crippen LogP) is 3.24. The molecule has 0 saturated carbocycles. The van der Waals surface area contributed by atoms with Crippen LogP contribution in [0.15, 0.2) is 47.5 Å². The Labute approximate surface area is 183 Å². The van der Waals surface area contributed by atoms with Gasteiger partial charge in [0.2, 0.25) is 5.91 Å². The summed E-state index contributed by atoms with van der Waals surface area (Å²) in [6.07, 6.45) is 0.803. The summed E-state index contributed by atoms with van der Waals surface area (Å²) in [6, 6.07) is 11.8. The molecule has 0 radical (unpaired) electrons. The molecule has 7 nitrogen and oxygen atoms in total. The third-order valence-corrected chi connectivity index (χ3v) is 4.25. The topological polar surface area (TPSA) is 84.0 Å². The third-order valence-electron chi connectivity index (χ3n) is 4.25. The number of hydrogen-bond acceptors (Lipinski definition) is 4. The number of halogens is 1. The van der Waals surface area contributed by atoms with E-state index in [9.17, 15) is 9.18 Å². The predicted molar refractivity (Wildman–Crippen MR) is 121 cm³/mol. The fourth-order valence-corrected chi connectivity index (χ4v) is 2.75. The van der Waals surface area contributed by atoms with Gasteiger partial charge in [0.15, 0.2) is 5.96 Å². The molecule has 0 atom stereocenters. The highest BCUT2D eigenvalue weighted by Crippen LogP contribution is 2.21. The molecule has 0 aliphatic rings. The summed E-state index contributed by atoms with van der Waals surface area (Å²) in [5.41, 5.74) is 2.46. The van der Waals surface area contributed by atoms with Crippen LogP contribution in [-0.4, -0.2) is 45.3 Å². The molecule has 0 heterocycles. The minimum Gasteiger partial charge on any atom is -0.493 e. The highest BCUT2D eigenvalue weighted by molar-refractivity contribution is 5.94. The fourth-order valence-electron chi connectivity index (χ4n) is 2.75. The number of rotatable bonds is 11. The Bertz CT molecular complexity index is 874. The van der Waals surface area contributed by atoms with Gasteiger partial charge in [-0.3, -0.25) is 4.79 Å². The second kappa shape index (κ2) is 13.2. The molecule has 0 bridgehead atoms. The SMILES string of the molecule is CCNC(=NCc1ccc(C)cc1OCCCOC)NCC(=O)Nc1cccc(F)c1. The van der Waals surface area contributed by atoms with Crippen LogP contribution < -0.4 is 20.7 Å². The van der Waals surface area contributed by atoms with E-state index < -0.39 is 5.82 Å². The van der Waals surface area contributed by atoms with E-state index in [1.54, 1.807) is 19.2 Å². The molecule has 2 aromatic carbocycles. The van der Waals surface area contributed by atoms with Crippen LogP contribution >= 0.6 is 0 Å². The van der Waals surface area contributed by atoms with Gasteiger partial charge < -0.3 is 25.4 Å². The van der Waals surface area contributed by atoms with Gasteiger partial charge >= 0.3 is 0 Å². The molecular weight excluding hydrogens is 399 g/mol. The molecule has 3 N–H and O–H groups in total. The summed E-state index contributed by atoms with van der Waals surface area (Å²) < 4.78 is 24.2. The lowest BCUT2D eigenvalue weighted by atomic mass is 10.1. The van der Waals surface area contributed by atoms with Crippen molar-refractivity contribution >= 4 is 17.6 Å². The van der Waals surface area contributed by atoms with E-state index in [0.29, 0.717) is 38.0 Å². The zero-order valence-electron chi connectivity index (χ0n) is 18.3. The maximum atomic E-state index is 13.3. The van der Waals surface area contributed by atoms with Gasteiger partial charge in [0.25, 0.3) is 0 Å². The molecule has 0 aliphatic carbocycles. The monoisotopic (exact) mass is 430 g/mol. The molecule has 0 spiro atoms. The number of benzene rings is 2. The smallest absolute Gasteiger partial charge is 0.243 e. The van der Waals surface area contributed by atoms with Crippen molar-refractivity contribution in [3.05, 3.63) is 59.4 Å². The van der Waals surface area contributed by atoms with Gasteiger partial charge in [-0.25, -0.2) is 9.38 Å². The summed E-state index contributed by atoms with van der Waals surface area (Å²) in [4.78, 5) is 16.7. The van der Waals surface area contributed by atoms with Crippen molar-refractivity contribution in [1.29, 1.82) is 0 Å². The Morgan fingerprint density at radius 2 is 1.97 bits per heavy atom. The molecule has 0 fully saturated rings. The van der Waals surface area contributed by atoms with Crippen LogP contribution in [0.2, 0.25) is 0 Å². The average molecular weight is 431 g/mol. The highest BCUT2D eigenvalue weighted by Gasteiger charge is 2.07. The zero-order valence-corrected chi connectivity index (χ0v) is 18.3. The number of methoxy groups -OCH3 is 1. The first kappa shape index (κ1) is 24.1. The standard InChI is InChI=1S/C23H31FN4O3/c1-4-25-23(27-16-22(29)28-20-8-5-7-19(24)14-20)26-15-18-10-9-17(2)13-21(18)31-12-6-11-30-3/h5,7-10,13-14H,4,6,11-12,15-16H2,1-3H3,(H,28,29)(H2,25,26,27). The lowest BCUT2D eigenvalue weighted by Crippen LogP contribution is -2.41. The van der Waals surface area contributed by atoms with Crippen LogP contribution in [-0.2, 0) is 16.1 Å². The van der Waals surface area contributed by atoms with Crippen molar-refractivity contribution in [3.63, 3.8) is 0 Å². The number of aryl methyl sites for hydroxylation is 1. The largest absolute Gasteiger partial charge is 0.493 e. The van der Waals surface area contributed by atoms with Crippen LogP contribution in [0, 0.1) is 12.7 Å². The Kier molecular flexibility index (Phi) is 10.3. The Hall–Kier alpha value is -3.13. The van der Waals surface area contributed by atoms with Gasteiger partial charge in [0.1, 0.15) is 11.6 Å². The van der Waals surface area contributed by atoms with Gasteiger partial charge in [0.05, 0.1) is 19.7 Å². The second-order valence-electron chi connectivity index (χ2n) is 6.91. The number of aliphatic imine (C=N–C) groups is 1.